The molecular formula is C28H26N8O4. The van der Waals surface area contributed by atoms with Crippen LogP contribution in [-0.4, -0.2) is 33.8 Å². The summed E-state index contributed by atoms with van der Waals surface area (Å²) in [5.41, 5.74) is 2.73. The van der Waals surface area contributed by atoms with Gasteiger partial charge in [0.1, 0.15) is 22.9 Å². The lowest BCUT2D eigenvalue weighted by atomic mass is 10.2. The van der Waals surface area contributed by atoms with Gasteiger partial charge in [0.15, 0.2) is 11.4 Å². The smallest absolute Gasteiger partial charge is 0.299 e. The molecule has 0 bridgehead atoms. The number of nitrogens with zero attached hydrogens (tertiary/aromatic N) is 6. The predicted molar refractivity (Wildman–Crippen MR) is 150 cm³/mol. The Morgan fingerprint density at radius 2 is 0.975 bits per heavy atom. The Morgan fingerprint density at radius 1 is 0.600 bits per heavy atom. The molecule has 5 rings (SSSR count). The average molecular weight is 539 g/mol. The van der Waals surface area contributed by atoms with Crippen LogP contribution in [0.5, 0.6) is 11.5 Å². The zero-order valence-corrected chi connectivity index (χ0v) is 22.2. The molecule has 12 heteroatoms. The van der Waals surface area contributed by atoms with Crippen LogP contribution in [0.1, 0.15) is 11.4 Å². The number of aryl methyl sites for hydroxylation is 2. The minimum atomic E-state index is -0.341. The molecule has 0 amide bonds. The van der Waals surface area contributed by atoms with Crippen molar-refractivity contribution in [2.75, 3.05) is 14.2 Å². The van der Waals surface area contributed by atoms with E-state index in [2.05, 4.69) is 30.7 Å². The minimum Gasteiger partial charge on any atom is -0.494 e. The highest BCUT2D eigenvalue weighted by molar-refractivity contribution is 5.66. The predicted octanol–water partition coefficient (Wildman–Crippen LogP) is 6.11. The summed E-state index contributed by atoms with van der Waals surface area (Å²) in [6.45, 7) is 3.48. The van der Waals surface area contributed by atoms with Gasteiger partial charge < -0.3 is 9.47 Å². The molecule has 5 aromatic rings. The molecule has 0 spiro atoms. The van der Waals surface area contributed by atoms with Crippen LogP contribution in [0, 0.1) is 13.8 Å². The van der Waals surface area contributed by atoms with Crippen LogP contribution in [0.25, 0.3) is 11.4 Å². The van der Waals surface area contributed by atoms with Crippen LogP contribution >= 0.6 is 0 Å². The normalized spacial score (nSPS) is 11.5. The number of hydrogen-bond acceptors (Lipinski definition) is 8. The number of methoxy groups -OCH3 is 2. The molecule has 2 aromatic heterocycles. The zero-order chi connectivity index (χ0) is 28.2. The van der Waals surface area contributed by atoms with Crippen molar-refractivity contribution >= 4 is 22.7 Å². The number of rotatable bonds is 8. The number of ether oxygens (including phenoxy) is 2. The minimum absolute atomic E-state index is 0.159. The van der Waals surface area contributed by atoms with Crippen molar-refractivity contribution < 1.29 is 9.47 Å². The molecule has 0 saturated carbocycles. The molecule has 0 fully saturated rings. The topological polar surface area (TPSA) is 143 Å². The number of para-hydroxylation sites is 2. The van der Waals surface area contributed by atoms with Crippen molar-refractivity contribution in [3.63, 3.8) is 0 Å². The molecule has 0 atom stereocenters. The van der Waals surface area contributed by atoms with E-state index in [4.69, 9.17) is 9.47 Å². The molecule has 2 N–H and O–H groups in total. The first-order valence-corrected chi connectivity index (χ1v) is 12.2. The molecule has 0 aliphatic carbocycles. The Labute approximate surface area is 228 Å². The fraction of sp³-hybridized carbons (Fsp3) is 0.143. The Morgan fingerprint density at radius 3 is 1.32 bits per heavy atom. The van der Waals surface area contributed by atoms with Gasteiger partial charge in [-0.25, -0.2) is 9.36 Å². The van der Waals surface area contributed by atoms with Gasteiger partial charge in [-0.3, -0.25) is 19.8 Å². The average Bonchev–Trinajstić information content (AvgIpc) is 3.44. The van der Waals surface area contributed by atoms with E-state index in [1.807, 2.05) is 60.7 Å². The van der Waals surface area contributed by atoms with E-state index in [1.165, 1.54) is 23.6 Å². The van der Waals surface area contributed by atoms with Gasteiger partial charge in [-0.15, -0.1) is 20.5 Å². The molecule has 0 saturated heterocycles. The molecule has 40 heavy (non-hydrogen) atoms. The van der Waals surface area contributed by atoms with Gasteiger partial charge in [0.25, 0.3) is 11.1 Å². The van der Waals surface area contributed by atoms with Gasteiger partial charge in [0.2, 0.25) is 0 Å². The van der Waals surface area contributed by atoms with Crippen LogP contribution < -0.4 is 20.6 Å². The third-order valence-corrected chi connectivity index (χ3v) is 6.11. The lowest BCUT2D eigenvalue weighted by molar-refractivity contribution is 0.405. The maximum absolute atomic E-state index is 13.0. The van der Waals surface area contributed by atoms with Gasteiger partial charge in [0.05, 0.1) is 37.0 Å². The summed E-state index contributed by atoms with van der Waals surface area (Å²) >= 11 is 0. The van der Waals surface area contributed by atoms with Crippen molar-refractivity contribution in [1.82, 2.24) is 19.6 Å². The second kappa shape index (κ2) is 11.1. The number of aromatic nitrogens is 4. The van der Waals surface area contributed by atoms with Crippen LogP contribution in [0.3, 0.4) is 0 Å². The van der Waals surface area contributed by atoms with E-state index in [1.54, 1.807) is 26.0 Å². The number of hydrogen-bond donors (Lipinski definition) is 2. The molecule has 2 heterocycles. The second-order valence-corrected chi connectivity index (χ2v) is 8.72. The Kier molecular flexibility index (Phi) is 7.22. The summed E-state index contributed by atoms with van der Waals surface area (Å²) in [6.07, 6.45) is 0. The fourth-order valence-electron chi connectivity index (χ4n) is 4.06. The first-order valence-electron chi connectivity index (χ1n) is 12.2. The van der Waals surface area contributed by atoms with Crippen molar-refractivity contribution in [3.05, 3.63) is 105 Å². The second-order valence-electron chi connectivity index (χ2n) is 8.72. The lowest BCUT2D eigenvalue weighted by Crippen LogP contribution is -2.13. The molecule has 0 aliphatic heterocycles. The van der Waals surface area contributed by atoms with Gasteiger partial charge in [0, 0.05) is 12.1 Å². The highest BCUT2D eigenvalue weighted by Gasteiger charge is 2.16. The number of aromatic amines is 2. The Bertz CT molecular complexity index is 1690. The molecule has 3 aromatic carbocycles. The number of H-pyrrole nitrogens is 2. The highest BCUT2D eigenvalue weighted by atomic mass is 16.5. The van der Waals surface area contributed by atoms with Gasteiger partial charge in [-0.05, 0) is 38.1 Å². The molecule has 0 aliphatic rings. The third kappa shape index (κ3) is 4.97. The molecule has 0 unspecified atom stereocenters. The number of nitrogens with one attached hydrogen (secondary N) is 2. The van der Waals surface area contributed by atoms with E-state index in [0.29, 0.717) is 45.6 Å². The van der Waals surface area contributed by atoms with Gasteiger partial charge in [-0.2, -0.15) is 0 Å². The molecule has 12 nitrogen and oxygen atoms in total. The highest BCUT2D eigenvalue weighted by Crippen LogP contribution is 2.41. The summed E-state index contributed by atoms with van der Waals surface area (Å²) in [5.74, 6) is 0.644. The van der Waals surface area contributed by atoms with Gasteiger partial charge >= 0.3 is 0 Å². The van der Waals surface area contributed by atoms with Crippen LogP contribution in [-0.2, 0) is 0 Å². The van der Waals surface area contributed by atoms with Crippen LogP contribution in [0.4, 0.5) is 22.7 Å². The van der Waals surface area contributed by atoms with Crippen molar-refractivity contribution in [2.45, 2.75) is 13.8 Å². The van der Waals surface area contributed by atoms with E-state index in [9.17, 15) is 9.59 Å². The summed E-state index contributed by atoms with van der Waals surface area (Å²) in [4.78, 5) is 26.0. The first kappa shape index (κ1) is 26.1. The monoisotopic (exact) mass is 538 g/mol. The maximum atomic E-state index is 13.0. The first-order chi connectivity index (χ1) is 19.4. The SMILES string of the molecule is COc1cc(N=Nc2c(C)[nH]n(-c3ccccc3)c2=O)c(OC)cc1N=Nc1c(C)[nH]n(-c2ccccc2)c1=O. The molecule has 0 radical (unpaired) electrons. The Hall–Kier alpha value is -5.52. The van der Waals surface area contributed by atoms with Crippen LogP contribution in [0.15, 0.2) is 103 Å². The van der Waals surface area contributed by atoms with E-state index in [-0.39, 0.29) is 22.5 Å². The zero-order valence-electron chi connectivity index (χ0n) is 22.2. The number of azo groups is 2. The molecule has 202 valence electrons. The molecular weight excluding hydrogens is 512 g/mol. The Balaban J connectivity index is 1.47. The maximum Gasteiger partial charge on any atom is 0.299 e. The van der Waals surface area contributed by atoms with Gasteiger partial charge in [-0.1, -0.05) is 36.4 Å². The lowest BCUT2D eigenvalue weighted by Gasteiger charge is -2.08. The summed E-state index contributed by atoms with van der Waals surface area (Å²) < 4.78 is 13.8. The summed E-state index contributed by atoms with van der Waals surface area (Å²) in [5, 5.41) is 23.0. The number of benzene rings is 3. The van der Waals surface area contributed by atoms with E-state index >= 15 is 0 Å². The summed E-state index contributed by atoms with van der Waals surface area (Å²) in [7, 11) is 2.95. The van der Waals surface area contributed by atoms with Crippen molar-refractivity contribution in [1.29, 1.82) is 0 Å². The van der Waals surface area contributed by atoms with E-state index in [0.717, 1.165) is 0 Å². The van der Waals surface area contributed by atoms with Crippen molar-refractivity contribution in [3.8, 4) is 22.9 Å². The van der Waals surface area contributed by atoms with Crippen LogP contribution in [0.2, 0.25) is 0 Å². The largest absolute Gasteiger partial charge is 0.494 e. The fourth-order valence-corrected chi connectivity index (χ4v) is 4.06. The third-order valence-electron chi connectivity index (χ3n) is 6.11. The standard InChI is InChI=1S/C28H26N8O4/c1-17-25(27(37)35(33-17)19-11-7-5-8-12-19)31-29-21-15-24(40-4)22(16-23(21)39-3)30-32-26-18(2)34-36(28(26)38)20-13-9-6-10-14-20/h5-16,33-34H,1-4H3. The summed E-state index contributed by atoms with van der Waals surface area (Å²) in [6, 6.07) is 21.5. The van der Waals surface area contributed by atoms with E-state index < -0.39 is 0 Å². The quantitative estimate of drug-likeness (QED) is 0.230. The van der Waals surface area contributed by atoms with Crippen molar-refractivity contribution in [2.24, 2.45) is 20.5 Å².